The molecule has 1 atom stereocenters. The van der Waals surface area contributed by atoms with Crippen molar-refractivity contribution < 1.29 is 13.9 Å². The molecule has 1 rings (SSSR count). The van der Waals surface area contributed by atoms with E-state index in [0.717, 1.165) is 12.5 Å². The van der Waals surface area contributed by atoms with Gasteiger partial charge in [0.2, 0.25) is 0 Å². The monoisotopic (exact) mass is 273 g/mol. The molecule has 0 aliphatic rings. The molecular weight excluding hydrogens is 252 g/mol. The van der Waals surface area contributed by atoms with Gasteiger partial charge >= 0.3 is 0 Å². The molecule has 0 saturated heterocycles. The third-order valence-electron chi connectivity index (χ3n) is 2.70. The van der Waals surface area contributed by atoms with Crippen LogP contribution in [-0.4, -0.2) is 28.8 Å². The number of aliphatic hydroxyl groups is 1. The number of pyridine rings is 1. The average molecular weight is 273 g/mol. The highest BCUT2D eigenvalue weighted by Crippen LogP contribution is 2.20. The summed E-state index contributed by atoms with van der Waals surface area (Å²) < 4.78 is 26.9. The third-order valence-corrected chi connectivity index (χ3v) is 2.70. The van der Waals surface area contributed by atoms with Gasteiger partial charge in [0.1, 0.15) is 0 Å². The van der Waals surface area contributed by atoms with Gasteiger partial charge < -0.3 is 15.7 Å². The van der Waals surface area contributed by atoms with Gasteiger partial charge in [-0.25, -0.2) is 13.8 Å². The van der Waals surface area contributed by atoms with Gasteiger partial charge in [-0.2, -0.15) is 0 Å². The molecular formula is C13H21F2N3O. The van der Waals surface area contributed by atoms with Crippen molar-refractivity contribution in [3.05, 3.63) is 17.7 Å². The van der Waals surface area contributed by atoms with E-state index in [-0.39, 0.29) is 18.2 Å². The van der Waals surface area contributed by atoms with E-state index >= 15 is 0 Å². The number of anilines is 2. The van der Waals surface area contributed by atoms with Gasteiger partial charge in [-0.05, 0) is 20.3 Å². The molecule has 0 aliphatic heterocycles. The molecule has 0 radical (unpaired) electrons. The van der Waals surface area contributed by atoms with E-state index in [1.54, 1.807) is 13.8 Å². The molecule has 0 amide bonds. The second-order valence-corrected chi connectivity index (χ2v) is 4.78. The number of rotatable bonds is 7. The summed E-state index contributed by atoms with van der Waals surface area (Å²) in [5.41, 5.74) is -0.949. The highest BCUT2D eigenvalue weighted by Gasteiger charge is 2.20. The molecule has 1 aromatic heterocycles. The standard InChI is InChI=1S/C13H21F2N3O/c1-4-6-13(3,19)8-17-12-10(15)7-9(14)11(18-12)16-5-2/h7,19H,4-6,8H2,1-3H3,(H2,16,17,18). The van der Waals surface area contributed by atoms with Crippen LogP contribution in [0.25, 0.3) is 0 Å². The van der Waals surface area contributed by atoms with Crippen LogP contribution in [0.4, 0.5) is 20.4 Å². The topological polar surface area (TPSA) is 57.2 Å². The van der Waals surface area contributed by atoms with Crippen LogP contribution in [0.1, 0.15) is 33.6 Å². The first-order valence-corrected chi connectivity index (χ1v) is 6.45. The Morgan fingerprint density at radius 2 is 1.79 bits per heavy atom. The van der Waals surface area contributed by atoms with Gasteiger partial charge in [-0.3, -0.25) is 0 Å². The smallest absolute Gasteiger partial charge is 0.168 e. The van der Waals surface area contributed by atoms with Crippen LogP contribution in [0.2, 0.25) is 0 Å². The van der Waals surface area contributed by atoms with E-state index in [1.165, 1.54) is 0 Å². The lowest BCUT2D eigenvalue weighted by atomic mass is 10.0. The third kappa shape index (κ3) is 4.63. The molecule has 19 heavy (non-hydrogen) atoms. The van der Waals surface area contributed by atoms with E-state index in [1.807, 2.05) is 6.92 Å². The van der Waals surface area contributed by atoms with Crippen molar-refractivity contribution in [2.45, 2.75) is 39.2 Å². The quantitative estimate of drug-likeness (QED) is 0.715. The maximum atomic E-state index is 13.6. The van der Waals surface area contributed by atoms with Crippen molar-refractivity contribution in [2.75, 3.05) is 23.7 Å². The number of hydrogen-bond acceptors (Lipinski definition) is 4. The maximum Gasteiger partial charge on any atom is 0.168 e. The summed E-state index contributed by atoms with van der Waals surface area (Å²) in [6.07, 6.45) is 1.40. The minimum Gasteiger partial charge on any atom is -0.388 e. The fourth-order valence-electron chi connectivity index (χ4n) is 1.78. The second-order valence-electron chi connectivity index (χ2n) is 4.78. The zero-order valence-electron chi connectivity index (χ0n) is 11.6. The zero-order valence-corrected chi connectivity index (χ0v) is 11.6. The number of aromatic nitrogens is 1. The molecule has 6 heteroatoms. The fourth-order valence-corrected chi connectivity index (χ4v) is 1.78. The lowest BCUT2D eigenvalue weighted by Crippen LogP contribution is -2.33. The summed E-state index contributed by atoms with van der Waals surface area (Å²) >= 11 is 0. The first-order chi connectivity index (χ1) is 8.89. The first kappa shape index (κ1) is 15.6. The van der Waals surface area contributed by atoms with Gasteiger partial charge in [0.25, 0.3) is 0 Å². The highest BCUT2D eigenvalue weighted by atomic mass is 19.1. The van der Waals surface area contributed by atoms with Gasteiger partial charge in [-0.1, -0.05) is 13.3 Å². The molecule has 4 nitrogen and oxygen atoms in total. The van der Waals surface area contributed by atoms with Crippen LogP contribution in [0.15, 0.2) is 6.07 Å². The molecule has 0 aromatic carbocycles. The lowest BCUT2D eigenvalue weighted by Gasteiger charge is -2.23. The van der Waals surface area contributed by atoms with E-state index in [4.69, 9.17) is 0 Å². The molecule has 1 unspecified atom stereocenters. The van der Waals surface area contributed by atoms with E-state index in [9.17, 15) is 13.9 Å². The number of nitrogens with zero attached hydrogens (tertiary/aromatic N) is 1. The number of hydrogen-bond donors (Lipinski definition) is 3. The van der Waals surface area contributed by atoms with Crippen molar-refractivity contribution in [1.29, 1.82) is 0 Å². The Bertz CT molecular complexity index is 425. The molecule has 0 aliphatic carbocycles. The summed E-state index contributed by atoms with van der Waals surface area (Å²) in [7, 11) is 0. The van der Waals surface area contributed by atoms with E-state index in [2.05, 4.69) is 15.6 Å². The molecule has 3 N–H and O–H groups in total. The van der Waals surface area contributed by atoms with E-state index in [0.29, 0.717) is 13.0 Å². The largest absolute Gasteiger partial charge is 0.388 e. The van der Waals surface area contributed by atoms with Crippen molar-refractivity contribution >= 4 is 11.6 Å². The molecule has 1 aromatic rings. The summed E-state index contributed by atoms with van der Waals surface area (Å²) in [5.74, 6) is -1.56. The van der Waals surface area contributed by atoms with Crippen LogP contribution in [0.3, 0.4) is 0 Å². The van der Waals surface area contributed by atoms with Gasteiger partial charge in [0.15, 0.2) is 23.3 Å². The van der Waals surface area contributed by atoms with Crippen LogP contribution in [-0.2, 0) is 0 Å². The Morgan fingerprint density at radius 1 is 1.21 bits per heavy atom. The molecule has 0 spiro atoms. The van der Waals surface area contributed by atoms with Gasteiger partial charge in [-0.15, -0.1) is 0 Å². The Labute approximate surface area is 112 Å². The minimum absolute atomic E-state index is 0.00142. The Morgan fingerprint density at radius 3 is 2.32 bits per heavy atom. The summed E-state index contributed by atoms with van der Waals surface area (Å²) in [6.45, 7) is 6.05. The fraction of sp³-hybridized carbons (Fsp3) is 0.615. The minimum atomic E-state index is -0.949. The molecule has 0 fully saturated rings. The van der Waals surface area contributed by atoms with E-state index < -0.39 is 17.2 Å². The number of nitrogens with one attached hydrogen (secondary N) is 2. The van der Waals surface area contributed by atoms with Crippen LogP contribution in [0, 0.1) is 11.6 Å². The number of halogens is 2. The predicted molar refractivity (Wildman–Crippen MR) is 72.3 cm³/mol. The van der Waals surface area contributed by atoms with Crippen molar-refractivity contribution in [3.63, 3.8) is 0 Å². The molecule has 0 bridgehead atoms. The van der Waals surface area contributed by atoms with Crippen LogP contribution < -0.4 is 10.6 Å². The second kappa shape index (κ2) is 6.65. The zero-order chi connectivity index (χ0) is 14.5. The van der Waals surface area contributed by atoms with Crippen LogP contribution >= 0.6 is 0 Å². The molecule has 108 valence electrons. The van der Waals surface area contributed by atoms with Gasteiger partial charge in [0.05, 0.1) is 5.60 Å². The van der Waals surface area contributed by atoms with Crippen molar-refractivity contribution in [2.24, 2.45) is 0 Å². The Kier molecular flexibility index (Phi) is 5.47. The summed E-state index contributed by atoms with van der Waals surface area (Å²) in [4.78, 5) is 3.84. The van der Waals surface area contributed by atoms with Crippen molar-refractivity contribution in [3.8, 4) is 0 Å². The molecule has 0 saturated carbocycles. The average Bonchev–Trinajstić information content (AvgIpc) is 2.31. The highest BCUT2D eigenvalue weighted by molar-refractivity contribution is 5.47. The lowest BCUT2D eigenvalue weighted by molar-refractivity contribution is 0.0635. The maximum absolute atomic E-state index is 13.6. The summed E-state index contributed by atoms with van der Waals surface area (Å²) in [6, 6.07) is 0.780. The molecule has 1 heterocycles. The first-order valence-electron chi connectivity index (χ1n) is 6.45. The van der Waals surface area contributed by atoms with Crippen LogP contribution in [0.5, 0.6) is 0 Å². The normalized spacial score (nSPS) is 14.0. The SMILES string of the molecule is CCCC(C)(O)CNc1nc(NCC)c(F)cc1F. The predicted octanol–water partition coefficient (Wildman–Crippen LogP) is 2.75. The Hall–Kier alpha value is -1.43. The van der Waals surface area contributed by atoms with Gasteiger partial charge in [0, 0.05) is 19.2 Å². The summed E-state index contributed by atoms with van der Waals surface area (Å²) in [5, 5.41) is 15.4. The Balaban J connectivity index is 2.80. The van der Waals surface area contributed by atoms with Crippen molar-refractivity contribution in [1.82, 2.24) is 4.98 Å².